The summed E-state index contributed by atoms with van der Waals surface area (Å²) < 4.78 is 4.92. The Labute approximate surface area is 171 Å². The number of carbonyl (C=O) groups excluding carboxylic acids is 2. The van der Waals surface area contributed by atoms with Gasteiger partial charge in [-0.05, 0) is 37.1 Å². The Morgan fingerprint density at radius 1 is 1.14 bits per heavy atom. The van der Waals surface area contributed by atoms with Crippen molar-refractivity contribution in [3.8, 4) is 0 Å². The normalized spacial score (nSPS) is 10.6. The molecule has 0 radical (unpaired) electrons. The van der Waals surface area contributed by atoms with Gasteiger partial charge >= 0.3 is 0 Å². The number of rotatable bonds is 9. The van der Waals surface area contributed by atoms with Crippen molar-refractivity contribution in [1.82, 2.24) is 10.2 Å². The number of thioether (sulfide) groups is 1. The van der Waals surface area contributed by atoms with Crippen molar-refractivity contribution in [2.45, 2.75) is 25.3 Å². The molecule has 0 bridgehead atoms. The zero-order valence-electron chi connectivity index (χ0n) is 17.0. The molecular formula is C22H28N2O3S. The maximum atomic E-state index is 13.0. The van der Waals surface area contributed by atoms with Gasteiger partial charge < -0.3 is 15.0 Å². The van der Waals surface area contributed by atoms with Gasteiger partial charge in [0.2, 0.25) is 5.91 Å². The summed E-state index contributed by atoms with van der Waals surface area (Å²) in [7, 11) is 3.40. The Bertz CT molecular complexity index is 823. The molecular weight excluding hydrogens is 372 g/mol. The molecule has 0 aromatic heterocycles. The minimum absolute atomic E-state index is 0.0529. The number of methoxy groups -OCH3 is 1. The lowest BCUT2D eigenvalue weighted by molar-refractivity contribution is -0.118. The summed E-state index contributed by atoms with van der Waals surface area (Å²) in [6.07, 6.45) is 0. The van der Waals surface area contributed by atoms with Crippen LogP contribution in [0, 0.1) is 13.8 Å². The van der Waals surface area contributed by atoms with Crippen molar-refractivity contribution in [2.24, 2.45) is 0 Å². The molecule has 0 aliphatic carbocycles. The standard InChI is InChI=1S/C22H28N2O3S/c1-16-9-10-18(17(2)13-16)14-24(3)22(26)19-7-5-6-8-20(19)28-15-21(25)23-11-12-27-4/h5-10,13H,11-12,14-15H2,1-4H3,(H,23,25). The van der Waals surface area contributed by atoms with Gasteiger partial charge in [-0.25, -0.2) is 0 Å². The summed E-state index contributed by atoms with van der Waals surface area (Å²) in [4.78, 5) is 27.5. The molecule has 0 saturated heterocycles. The lowest BCUT2D eigenvalue weighted by Gasteiger charge is -2.20. The van der Waals surface area contributed by atoms with Crippen molar-refractivity contribution in [3.63, 3.8) is 0 Å². The van der Waals surface area contributed by atoms with E-state index in [1.54, 1.807) is 19.1 Å². The monoisotopic (exact) mass is 400 g/mol. The van der Waals surface area contributed by atoms with E-state index in [0.717, 1.165) is 10.5 Å². The lowest BCUT2D eigenvalue weighted by atomic mass is 10.1. The summed E-state index contributed by atoms with van der Waals surface area (Å²) in [6, 6.07) is 13.7. The molecule has 0 aliphatic heterocycles. The SMILES string of the molecule is COCCNC(=O)CSc1ccccc1C(=O)N(C)Cc1ccc(C)cc1C. The van der Waals surface area contributed by atoms with E-state index in [1.165, 1.54) is 22.9 Å². The average molecular weight is 401 g/mol. The van der Waals surface area contributed by atoms with Crippen LogP contribution in [0.4, 0.5) is 0 Å². The van der Waals surface area contributed by atoms with E-state index in [-0.39, 0.29) is 17.6 Å². The molecule has 2 aromatic rings. The van der Waals surface area contributed by atoms with Crippen LogP contribution >= 0.6 is 11.8 Å². The highest BCUT2D eigenvalue weighted by molar-refractivity contribution is 8.00. The van der Waals surface area contributed by atoms with Crippen LogP contribution in [0.2, 0.25) is 0 Å². The fraction of sp³-hybridized carbons (Fsp3) is 0.364. The number of nitrogens with one attached hydrogen (secondary N) is 1. The highest BCUT2D eigenvalue weighted by Gasteiger charge is 2.17. The van der Waals surface area contributed by atoms with E-state index < -0.39 is 0 Å². The summed E-state index contributed by atoms with van der Waals surface area (Å²) >= 11 is 1.37. The maximum absolute atomic E-state index is 13.0. The van der Waals surface area contributed by atoms with Gasteiger partial charge in [0.1, 0.15) is 0 Å². The molecule has 28 heavy (non-hydrogen) atoms. The fourth-order valence-corrected chi connectivity index (χ4v) is 3.69. The van der Waals surface area contributed by atoms with Crippen molar-refractivity contribution < 1.29 is 14.3 Å². The molecule has 0 aliphatic rings. The van der Waals surface area contributed by atoms with Crippen LogP contribution in [0.25, 0.3) is 0 Å². The molecule has 0 spiro atoms. The van der Waals surface area contributed by atoms with E-state index in [1.807, 2.05) is 24.3 Å². The number of hydrogen-bond donors (Lipinski definition) is 1. The van der Waals surface area contributed by atoms with Crippen LogP contribution in [0.1, 0.15) is 27.0 Å². The van der Waals surface area contributed by atoms with Crippen LogP contribution in [-0.4, -0.2) is 49.8 Å². The van der Waals surface area contributed by atoms with Gasteiger partial charge in [-0.1, -0.05) is 35.9 Å². The topological polar surface area (TPSA) is 58.6 Å². The quantitative estimate of drug-likeness (QED) is 0.518. The molecule has 0 heterocycles. The minimum Gasteiger partial charge on any atom is -0.383 e. The number of hydrogen-bond acceptors (Lipinski definition) is 4. The Balaban J connectivity index is 2.03. The van der Waals surface area contributed by atoms with E-state index in [2.05, 4.69) is 37.4 Å². The van der Waals surface area contributed by atoms with Gasteiger partial charge in [0, 0.05) is 32.1 Å². The van der Waals surface area contributed by atoms with Gasteiger partial charge in [-0.2, -0.15) is 0 Å². The molecule has 2 aromatic carbocycles. The number of ether oxygens (including phenoxy) is 1. The Hall–Kier alpha value is -2.31. The molecule has 0 unspecified atom stereocenters. The van der Waals surface area contributed by atoms with Gasteiger partial charge in [-0.3, -0.25) is 9.59 Å². The van der Waals surface area contributed by atoms with Gasteiger partial charge in [0.15, 0.2) is 0 Å². The second-order valence-electron chi connectivity index (χ2n) is 6.72. The fourth-order valence-electron chi connectivity index (χ4n) is 2.81. The third kappa shape index (κ3) is 6.39. The first-order valence-electron chi connectivity index (χ1n) is 9.21. The van der Waals surface area contributed by atoms with Crippen LogP contribution in [0.3, 0.4) is 0 Å². The number of aryl methyl sites for hydroxylation is 2. The molecule has 0 atom stereocenters. The second-order valence-corrected chi connectivity index (χ2v) is 7.74. The highest BCUT2D eigenvalue weighted by Crippen LogP contribution is 2.24. The van der Waals surface area contributed by atoms with Crippen LogP contribution < -0.4 is 5.32 Å². The van der Waals surface area contributed by atoms with E-state index >= 15 is 0 Å². The first kappa shape index (κ1) is 22.0. The van der Waals surface area contributed by atoms with Crippen molar-refractivity contribution in [2.75, 3.05) is 33.1 Å². The summed E-state index contributed by atoms with van der Waals surface area (Å²) in [5.74, 6) is 0.130. The van der Waals surface area contributed by atoms with Gasteiger partial charge in [0.25, 0.3) is 5.91 Å². The molecule has 150 valence electrons. The predicted octanol–water partition coefficient (Wildman–Crippen LogP) is 3.43. The van der Waals surface area contributed by atoms with Crippen molar-refractivity contribution in [1.29, 1.82) is 0 Å². The first-order chi connectivity index (χ1) is 13.4. The smallest absolute Gasteiger partial charge is 0.255 e. The van der Waals surface area contributed by atoms with E-state index in [9.17, 15) is 9.59 Å². The summed E-state index contributed by atoms with van der Waals surface area (Å²) in [5.41, 5.74) is 4.13. The van der Waals surface area contributed by atoms with Crippen molar-refractivity contribution in [3.05, 3.63) is 64.7 Å². The highest BCUT2D eigenvalue weighted by atomic mass is 32.2. The van der Waals surface area contributed by atoms with Gasteiger partial charge in [0.05, 0.1) is 17.9 Å². The Morgan fingerprint density at radius 3 is 2.61 bits per heavy atom. The van der Waals surface area contributed by atoms with E-state index in [4.69, 9.17) is 4.74 Å². The summed E-state index contributed by atoms with van der Waals surface area (Å²) in [6.45, 7) is 5.63. The number of nitrogens with zero attached hydrogens (tertiary/aromatic N) is 1. The number of benzene rings is 2. The van der Waals surface area contributed by atoms with Gasteiger partial charge in [-0.15, -0.1) is 11.8 Å². The largest absolute Gasteiger partial charge is 0.383 e. The number of amides is 2. The van der Waals surface area contributed by atoms with E-state index in [0.29, 0.717) is 25.3 Å². The maximum Gasteiger partial charge on any atom is 0.255 e. The molecule has 5 nitrogen and oxygen atoms in total. The molecule has 6 heteroatoms. The zero-order chi connectivity index (χ0) is 20.5. The average Bonchev–Trinajstić information content (AvgIpc) is 2.68. The first-order valence-corrected chi connectivity index (χ1v) is 10.2. The molecule has 1 N–H and O–H groups in total. The minimum atomic E-state index is -0.0760. The Kier molecular flexibility index (Phi) is 8.54. The second kappa shape index (κ2) is 10.9. The van der Waals surface area contributed by atoms with Crippen LogP contribution in [0.5, 0.6) is 0 Å². The molecule has 2 amide bonds. The van der Waals surface area contributed by atoms with Crippen LogP contribution in [0.15, 0.2) is 47.4 Å². The van der Waals surface area contributed by atoms with Crippen LogP contribution in [-0.2, 0) is 16.1 Å². The molecule has 2 rings (SSSR count). The molecule has 0 fully saturated rings. The third-order valence-corrected chi connectivity index (χ3v) is 5.43. The molecule has 0 saturated carbocycles. The third-order valence-electron chi connectivity index (χ3n) is 4.36. The summed E-state index contributed by atoms with van der Waals surface area (Å²) in [5, 5.41) is 2.79. The predicted molar refractivity (Wildman–Crippen MR) is 114 cm³/mol. The lowest BCUT2D eigenvalue weighted by Crippen LogP contribution is -2.29. The number of carbonyl (C=O) groups is 2. The van der Waals surface area contributed by atoms with Crippen molar-refractivity contribution >= 4 is 23.6 Å². The zero-order valence-corrected chi connectivity index (χ0v) is 17.8. The Morgan fingerprint density at radius 2 is 1.89 bits per heavy atom.